The minimum atomic E-state index is 0.298. The molecule has 1 fully saturated rings. The van der Waals surface area contributed by atoms with E-state index in [0.717, 1.165) is 25.1 Å². The van der Waals surface area contributed by atoms with Crippen LogP contribution in [-0.2, 0) is 4.74 Å². The van der Waals surface area contributed by atoms with Gasteiger partial charge < -0.3 is 14.6 Å². The molecule has 5 nitrogen and oxygen atoms in total. The van der Waals surface area contributed by atoms with Crippen LogP contribution < -0.4 is 5.32 Å². The predicted octanol–water partition coefficient (Wildman–Crippen LogP) is 2.56. The summed E-state index contributed by atoms with van der Waals surface area (Å²) >= 11 is 0. The van der Waals surface area contributed by atoms with Crippen LogP contribution in [0.15, 0.2) is 4.52 Å². The maximum absolute atomic E-state index is 5.40. The average molecular weight is 239 g/mol. The summed E-state index contributed by atoms with van der Waals surface area (Å²) in [5, 5.41) is 7.24. The molecule has 1 aromatic heterocycles. The number of aromatic nitrogens is 2. The number of hydrogen-bond acceptors (Lipinski definition) is 5. The van der Waals surface area contributed by atoms with Gasteiger partial charge in [-0.1, -0.05) is 19.0 Å². The van der Waals surface area contributed by atoms with Gasteiger partial charge in [-0.3, -0.25) is 0 Å². The third-order valence-electron chi connectivity index (χ3n) is 3.25. The Morgan fingerprint density at radius 2 is 2.24 bits per heavy atom. The predicted molar refractivity (Wildman–Crippen MR) is 65.1 cm³/mol. The van der Waals surface area contributed by atoms with E-state index in [-0.39, 0.29) is 0 Å². The molecule has 17 heavy (non-hydrogen) atoms. The minimum Gasteiger partial charge on any atom is -0.381 e. The van der Waals surface area contributed by atoms with Crippen LogP contribution in [0, 0.1) is 0 Å². The molecule has 0 radical (unpaired) electrons. The van der Waals surface area contributed by atoms with E-state index in [2.05, 4.69) is 29.3 Å². The van der Waals surface area contributed by atoms with E-state index in [9.17, 15) is 0 Å². The fraction of sp³-hybridized carbons (Fsp3) is 0.833. The minimum absolute atomic E-state index is 0.298. The molecule has 2 atom stereocenters. The van der Waals surface area contributed by atoms with Crippen molar-refractivity contribution in [3.05, 3.63) is 5.82 Å². The molecule has 96 valence electrons. The molecule has 0 aromatic carbocycles. The average Bonchev–Trinajstić information content (AvgIpc) is 2.78. The smallest absolute Gasteiger partial charge is 0.321 e. The van der Waals surface area contributed by atoms with Crippen LogP contribution in [0.1, 0.15) is 51.3 Å². The molecule has 1 aliphatic carbocycles. The summed E-state index contributed by atoms with van der Waals surface area (Å²) < 4.78 is 10.6. The van der Waals surface area contributed by atoms with E-state index in [1.54, 1.807) is 7.11 Å². The van der Waals surface area contributed by atoms with Gasteiger partial charge in [0.15, 0.2) is 5.82 Å². The Morgan fingerprint density at radius 3 is 2.88 bits per heavy atom. The van der Waals surface area contributed by atoms with E-state index in [1.165, 1.54) is 6.42 Å². The van der Waals surface area contributed by atoms with Crippen LogP contribution >= 0.6 is 0 Å². The van der Waals surface area contributed by atoms with Gasteiger partial charge in [-0.15, -0.1) is 0 Å². The zero-order chi connectivity index (χ0) is 12.3. The molecule has 1 saturated carbocycles. The van der Waals surface area contributed by atoms with E-state index in [4.69, 9.17) is 9.26 Å². The molecule has 1 aromatic rings. The molecule has 1 heterocycles. The van der Waals surface area contributed by atoms with Crippen molar-refractivity contribution >= 4 is 6.01 Å². The van der Waals surface area contributed by atoms with Gasteiger partial charge in [-0.25, -0.2) is 0 Å². The Morgan fingerprint density at radius 1 is 1.41 bits per heavy atom. The summed E-state index contributed by atoms with van der Waals surface area (Å²) in [4.78, 5) is 4.33. The normalized spacial score (nSPS) is 25.2. The highest BCUT2D eigenvalue weighted by Crippen LogP contribution is 2.23. The highest BCUT2D eigenvalue weighted by molar-refractivity contribution is 5.21. The number of nitrogens with one attached hydrogen (secondary N) is 1. The summed E-state index contributed by atoms with van der Waals surface area (Å²) in [7, 11) is 1.77. The molecule has 0 amide bonds. The van der Waals surface area contributed by atoms with E-state index in [1.807, 2.05) is 0 Å². The summed E-state index contributed by atoms with van der Waals surface area (Å²) in [6, 6.07) is 0.921. The van der Waals surface area contributed by atoms with E-state index < -0.39 is 0 Å². The number of anilines is 1. The van der Waals surface area contributed by atoms with Crippen LogP contribution in [-0.4, -0.2) is 29.4 Å². The van der Waals surface area contributed by atoms with Gasteiger partial charge in [0.2, 0.25) is 0 Å². The summed E-state index contributed by atoms with van der Waals surface area (Å²) in [5.41, 5.74) is 0. The van der Waals surface area contributed by atoms with Crippen LogP contribution in [0.4, 0.5) is 6.01 Å². The molecular formula is C12H21N3O2. The number of ether oxygens (including phenoxy) is 1. The van der Waals surface area contributed by atoms with Gasteiger partial charge in [0.25, 0.3) is 0 Å². The summed E-state index contributed by atoms with van der Waals surface area (Å²) in [5.74, 6) is 1.05. The van der Waals surface area contributed by atoms with Crippen molar-refractivity contribution < 1.29 is 9.26 Å². The fourth-order valence-electron chi connectivity index (χ4n) is 2.19. The molecule has 1 aliphatic rings. The molecule has 0 spiro atoms. The Labute approximate surface area is 102 Å². The van der Waals surface area contributed by atoms with Crippen LogP contribution in [0.5, 0.6) is 0 Å². The van der Waals surface area contributed by atoms with Crippen molar-refractivity contribution in [1.29, 1.82) is 0 Å². The van der Waals surface area contributed by atoms with Gasteiger partial charge in [-0.05, 0) is 25.7 Å². The maximum atomic E-state index is 5.40. The highest BCUT2D eigenvalue weighted by atomic mass is 16.5. The van der Waals surface area contributed by atoms with E-state index >= 15 is 0 Å². The molecule has 5 heteroatoms. The second-order valence-corrected chi connectivity index (χ2v) is 4.98. The second kappa shape index (κ2) is 5.49. The molecule has 0 bridgehead atoms. The summed E-state index contributed by atoms with van der Waals surface area (Å²) in [6.07, 6.45) is 4.83. The third-order valence-corrected chi connectivity index (χ3v) is 3.25. The molecule has 0 aliphatic heterocycles. The maximum Gasteiger partial charge on any atom is 0.321 e. The van der Waals surface area contributed by atoms with E-state index in [0.29, 0.717) is 24.1 Å². The van der Waals surface area contributed by atoms with Crippen molar-refractivity contribution in [2.75, 3.05) is 12.4 Å². The largest absolute Gasteiger partial charge is 0.381 e. The lowest BCUT2D eigenvalue weighted by Gasteiger charge is -2.27. The lowest BCUT2D eigenvalue weighted by atomic mass is 9.93. The lowest BCUT2D eigenvalue weighted by Crippen LogP contribution is -2.31. The SMILES string of the molecule is COC1CCCC(Nc2nc(C(C)C)no2)C1. The number of hydrogen-bond donors (Lipinski definition) is 1. The van der Waals surface area contributed by atoms with Crippen LogP contribution in [0.25, 0.3) is 0 Å². The zero-order valence-corrected chi connectivity index (χ0v) is 10.8. The van der Waals surface area contributed by atoms with Gasteiger partial charge in [0.1, 0.15) is 0 Å². The van der Waals surface area contributed by atoms with Gasteiger partial charge in [-0.2, -0.15) is 4.98 Å². The Hall–Kier alpha value is -1.10. The number of methoxy groups -OCH3 is 1. The molecule has 2 unspecified atom stereocenters. The standard InChI is InChI=1S/C12H21N3O2/c1-8(2)11-14-12(17-15-11)13-9-5-4-6-10(7-9)16-3/h8-10H,4-7H2,1-3H3,(H,13,14,15). The molecule has 1 N–H and O–H groups in total. The first-order chi connectivity index (χ1) is 8.19. The quantitative estimate of drug-likeness (QED) is 0.875. The van der Waals surface area contributed by atoms with Crippen LogP contribution in [0.3, 0.4) is 0 Å². The first-order valence-electron chi connectivity index (χ1n) is 6.32. The Kier molecular flexibility index (Phi) is 3.99. The third kappa shape index (κ3) is 3.19. The molecule has 2 rings (SSSR count). The van der Waals surface area contributed by atoms with Crippen molar-refractivity contribution in [2.45, 2.75) is 57.6 Å². The number of nitrogens with zero attached hydrogens (tertiary/aromatic N) is 2. The van der Waals surface area contributed by atoms with Crippen molar-refractivity contribution in [3.8, 4) is 0 Å². The molecule has 0 saturated heterocycles. The van der Waals surface area contributed by atoms with Gasteiger partial charge in [0, 0.05) is 19.1 Å². The van der Waals surface area contributed by atoms with Crippen molar-refractivity contribution in [2.24, 2.45) is 0 Å². The van der Waals surface area contributed by atoms with Crippen molar-refractivity contribution in [1.82, 2.24) is 10.1 Å². The Balaban J connectivity index is 1.91. The zero-order valence-electron chi connectivity index (χ0n) is 10.8. The second-order valence-electron chi connectivity index (χ2n) is 4.98. The van der Waals surface area contributed by atoms with Gasteiger partial charge >= 0.3 is 6.01 Å². The first kappa shape index (κ1) is 12.4. The summed E-state index contributed by atoms with van der Waals surface area (Å²) in [6.45, 7) is 4.10. The highest BCUT2D eigenvalue weighted by Gasteiger charge is 2.23. The Bertz CT molecular complexity index is 351. The van der Waals surface area contributed by atoms with Gasteiger partial charge in [0.05, 0.1) is 6.10 Å². The first-order valence-corrected chi connectivity index (χ1v) is 6.32. The fourth-order valence-corrected chi connectivity index (χ4v) is 2.19. The topological polar surface area (TPSA) is 60.2 Å². The molecular weight excluding hydrogens is 218 g/mol. The van der Waals surface area contributed by atoms with Crippen LogP contribution in [0.2, 0.25) is 0 Å². The monoisotopic (exact) mass is 239 g/mol. The van der Waals surface area contributed by atoms with Crippen molar-refractivity contribution in [3.63, 3.8) is 0 Å². The lowest BCUT2D eigenvalue weighted by molar-refractivity contribution is 0.0666. The number of rotatable bonds is 4.